The quantitative estimate of drug-likeness (QED) is 0.363. The maximum absolute atomic E-state index is 13.2. The number of carbonyl (C=O) groups excluding carboxylic acids is 3. The third-order valence-corrected chi connectivity index (χ3v) is 5.70. The number of carboxylic acid groups (broad SMARTS) is 1. The van der Waals surface area contributed by atoms with Crippen LogP contribution in [-0.4, -0.2) is 77.2 Å². The van der Waals surface area contributed by atoms with Crippen LogP contribution in [0.5, 0.6) is 0 Å². The van der Waals surface area contributed by atoms with E-state index >= 15 is 0 Å². The number of alkyl halides is 3. The molecule has 1 heterocycles. The molecule has 2 aromatic rings. The first-order chi connectivity index (χ1) is 18.7. The summed E-state index contributed by atoms with van der Waals surface area (Å²) in [5.41, 5.74) is 6.32. The van der Waals surface area contributed by atoms with Gasteiger partial charge in [-0.1, -0.05) is 48.5 Å². The van der Waals surface area contributed by atoms with Crippen molar-refractivity contribution in [2.75, 3.05) is 19.7 Å². The number of nitrogens with two attached hydrogens (primary N) is 1. The van der Waals surface area contributed by atoms with Crippen LogP contribution < -0.4 is 16.4 Å². The van der Waals surface area contributed by atoms with Gasteiger partial charge in [-0.05, 0) is 38.0 Å². The number of carboxylic acids is 1. The van der Waals surface area contributed by atoms with Crippen LogP contribution in [0.2, 0.25) is 0 Å². The highest BCUT2D eigenvalue weighted by Gasteiger charge is 2.38. The Morgan fingerprint density at radius 1 is 1.05 bits per heavy atom. The predicted octanol–water partition coefficient (Wildman–Crippen LogP) is 2.09. The summed E-state index contributed by atoms with van der Waals surface area (Å²) in [6, 6.07) is 17.5. The molecular formula is C27H33F3N4O6. The van der Waals surface area contributed by atoms with Crippen LogP contribution in [0.15, 0.2) is 60.7 Å². The second kappa shape index (κ2) is 14.4. The molecule has 218 valence electrons. The lowest BCUT2D eigenvalue weighted by Gasteiger charge is -2.27. The van der Waals surface area contributed by atoms with E-state index < -0.39 is 29.6 Å². The number of carbonyl (C=O) groups is 4. The number of halogens is 3. The Bertz CT molecular complexity index is 1140. The van der Waals surface area contributed by atoms with Gasteiger partial charge in [-0.15, -0.1) is 0 Å². The molecule has 0 radical (unpaired) electrons. The molecule has 5 N–H and O–H groups in total. The van der Waals surface area contributed by atoms with Gasteiger partial charge in [0.05, 0.1) is 18.8 Å². The lowest BCUT2D eigenvalue weighted by Crippen LogP contribution is -2.57. The predicted molar refractivity (Wildman–Crippen MR) is 139 cm³/mol. The molecule has 0 bridgehead atoms. The molecule has 1 aliphatic heterocycles. The van der Waals surface area contributed by atoms with Crippen molar-refractivity contribution in [3.63, 3.8) is 0 Å². The average molecular weight is 567 g/mol. The number of aliphatic carboxylic acids is 1. The third kappa shape index (κ3) is 10.7. The van der Waals surface area contributed by atoms with Crippen LogP contribution in [0.3, 0.4) is 0 Å². The van der Waals surface area contributed by atoms with Gasteiger partial charge < -0.3 is 31.1 Å². The van der Waals surface area contributed by atoms with E-state index in [0.717, 1.165) is 5.56 Å². The highest BCUT2D eigenvalue weighted by Crippen LogP contribution is 2.14. The maximum Gasteiger partial charge on any atom is 0.490 e. The van der Waals surface area contributed by atoms with Gasteiger partial charge in [0.2, 0.25) is 11.8 Å². The molecule has 2 atom stereocenters. The van der Waals surface area contributed by atoms with E-state index in [1.165, 1.54) is 0 Å². The van der Waals surface area contributed by atoms with E-state index in [4.69, 9.17) is 20.4 Å². The van der Waals surface area contributed by atoms with E-state index in [1.54, 1.807) is 43.0 Å². The van der Waals surface area contributed by atoms with Crippen molar-refractivity contribution in [3.8, 4) is 0 Å². The number of hydrogen-bond acceptors (Lipinski definition) is 6. The Morgan fingerprint density at radius 2 is 1.60 bits per heavy atom. The smallest absolute Gasteiger partial charge is 0.475 e. The largest absolute Gasteiger partial charge is 0.490 e. The van der Waals surface area contributed by atoms with Crippen LogP contribution in [-0.2, 0) is 25.7 Å². The topological polar surface area (TPSA) is 151 Å². The zero-order valence-corrected chi connectivity index (χ0v) is 22.1. The number of hydrogen-bond donors (Lipinski definition) is 4. The molecule has 1 aliphatic rings. The number of likely N-dealkylation sites (tertiary alicyclic amines) is 1. The molecule has 2 aromatic carbocycles. The van der Waals surface area contributed by atoms with Crippen molar-refractivity contribution in [2.24, 2.45) is 5.73 Å². The van der Waals surface area contributed by atoms with Gasteiger partial charge in [0.25, 0.3) is 5.91 Å². The van der Waals surface area contributed by atoms with E-state index in [0.29, 0.717) is 31.7 Å². The molecule has 0 aliphatic carbocycles. The molecule has 3 amide bonds. The Labute approximate surface area is 229 Å². The SMILES string of the molecule is CC(C)(N)C(=O)N[C@H](COCc1ccccc1)C(=O)N1CCC(NC(=O)c2ccccc2)C1.O=C(O)C(F)(F)F. The zero-order chi connectivity index (χ0) is 29.9. The Hall–Kier alpha value is -3.97. The fourth-order valence-electron chi connectivity index (χ4n) is 3.54. The van der Waals surface area contributed by atoms with Crippen molar-refractivity contribution in [3.05, 3.63) is 71.8 Å². The lowest BCUT2D eigenvalue weighted by atomic mass is 10.1. The van der Waals surface area contributed by atoms with E-state index in [2.05, 4.69) is 10.6 Å². The maximum atomic E-state index is 13.2. The summed E-state index contributed by atoms with van der Waals surface area (Å²) in [5.74, 6) is -3.61. The average Bonchev–Trinajstić information content (AvgIpc) is 3.36. The molecule has 0 aromatic heterocycles. The fraction of sp³-hybridized carbons (Fsp3) is 0.407. The van der Waals surface area contributed by atoms with Gasteiger partial charge in [-0.25, -0.2) is 4.79 Å². The second-order valence-corrected chi connectivity index (χ2v) is 9.66. The summed E-state index contributed by atoms with van der Waals surface area (Å²) in [6.07, 6.45) is -4.45. The molecule has 1 unspecified atom stereocenters. The van der Waals surface area contributed by atoms with Gasteiger partial charge in [-0.3, -0.25) is 14.4 Å². The van der Waals surface area contributed by atoms with E-state index in [1.807, 2.05) is 36.4 Å². The third-order valence-electron chi connectivity index (χ3n) is 5.70. The number of nitrogens with one attached hydrogen (secondary N) is 2. The summed E-state index contributed by atoms with van der Waals surface area (Å²) < 4.78 is 37.5. The number of nitrogens with zero attached hydrogens (tertiary/aromatic N) is 1. The standard InChI is InChI=1S/C25H32N4O4.C2HF3O2/c1-25(2,26)24(32)28-21(17-33-16-18-9-5-3-6-10-18)23(31)29-14-13-20(15-29)27-22(30)19-11-7-4-8-12-19;3-2(4,5)1(6)7/h3-12,20-21H,13-17,26H2,1-2H3,(H,27,30)(H,28,32);(H,6,7)/t20?,21-;/m1./s1. The minimum Gasteiger partial charge on any atom is -0.475 e. The molecular weight excluding hydrogens is 533 g/mol. The first-order valence-electron chi connectivity index (χ1n) is 12.3. The number of rotatable bonds is 9. The minimum atomic E-state index is -5.08. The monoisotopic (exact) mass is 566 g/mol. The lowest BCUT2D eigenvalue weighted by molar-refractivity contribution is -0.192. The molecule has 40 heavy (non-hydrogen) atoms. The Kier molecular flexibility index (Phi) is 11.6. The van der Waals surface area contributed by atoms with Crippen LogP contribution in [0.25, 0.3) is 0 Å². The molecule has 0 spiro atoms. The highest BCUT2D eigenvalue weighted by atomic mass is 19.4. The Balaban J connectivity index is 0.000000708. The van der Waals surface area contributed by atoms with Gasteiger partial charge in [0, 0.05) is 24.7 Å². The number of ether oxygens (including phenoxy) is 1. The van der Waals surface area contributed by atoms with Crippen molar-refractivity contribution in [1.29, 1.82) is 0 Å². The normalized spacial score (nSPS) is 15.8. The Morgan fingerprint density at radius 3 is 2.12 bits per heavy atom. The van der Waals surface area contributed by atoms with Crippen molar-refractivity contribution >= 4 is 23.7 Å². The summed E-state index contributed by atoms with van der Waals surface area (Å²) >= 11 is 0. The second-order valence-electron chi connectivity index (χ2n) is 9.66. The van der Waals surface area contributed by atoms with Crippen molar-refractivity contribution in [2.45, 2.75) is 50.7 Å². The first kappa shape index (κ1) is 32.2. The summed E-state index contributed by atoms with van der Waals surface area (Å²) in [7, 11) is 0. The van der Waals surface area contributed by atoms with Gasteiger partial charge in [0.1, 0.15) is 6.04 Å². The summed E-state index contributed by atoms with van der Waals surface area (Å²) in [5, 5.41) is 12.8. The molecule has 3 rings (SSSR count). The van der Waals surface area contributed by atoms with Crippen LogP contribution in [0, 0.1) is 0 Å². The number of benzene rings is 2. The molecule has 1 saturated heterocycles. The number of amides is 3. The van der Waals surface area contributed by atoms with Crippen LogP contribution in [0.4, 0.5) is 13.2 Å². The van der Waals surface area contributed by atoms with Crippen molar-refractivity contribution in [1.82, 2.24) is 15.5 Å². The summed E-state index contributed by atoms with van der Waals surface area (Å²) in [6.45, 7) is 4.36. The van der Waals surface area contributed by atoms with E-state index in [9.17, 15) is 27.6 Å². The first-order valence-corrected chi connectivity index (χ1v) is 12.3. The van der Waals surface area contributed by atoms with Crippen molar-refractivity contribution < 1.29 is 42.2 Å². The molecule has 13 heteroatoms. The fourth-order valence-corrected chi connectivity index (χ4v) is 3.54. The zero-order valence-electron chi connectivity index (χ0n) is 22.1. The molecule has 0 saturated carbocycles. The van der Waals surface area contributed by atoms with Crippen LogP contribution in [0.1, 0.15) is 36.2 Å². The molecule has 1 fully saturated rings. The minimum absolute atomic E-state index is 0.0209. The summed E-state index contributed by atoms with van der Waals surface area (Å²) in [4.78, 5) is 48.7. The molecule has 10 nitrogen and oxygen atoms in total. The van der Waals surface area contributed by atoms with E-state index in [-0.39, 0.29) is 24.5 Å². The van der Waals surface area contributed by atoms with Crippen LogP contribution >= 0.6 is 0 Å². The van der Waals surface area contributed by atoms with Gasteiger partial charge >= 0.3 is 12.1 Å². The van der Waals surface area contributed by atoms with Gasteiger partial charge in [-0.2, -0.15) is 13.2 Å². The van der Waals surface area contributed by atoms with Gasteiger partial charge in [0.15, 0.2) is 0 Å². The highest BCUT2D eigenvalue weighted by molar-refractivity contribution is 5.94.